The van der Waals surface area contributed by atoms with Crippen LogP contribution in [-0.2, 0) is 14.3 Å². The molecule has 12 nitrogen and oxygen atoms in total. The number of hydrogen-bond donors (Lipinski definition) is 3. The Bertz CT molecular complexity index is 1720. The van der Waals surface area contributed by atoms with Crippen LogP contribution in [0, 0.1) is 0 Å². The lowest BCUT2D eigenvalue weighted by atomic mass is 10.0. The van der Waals surface area contributed by atoms with Crippen molar-refractivity contribution >= 4 is 52.7 Å². The first kappa shape index (κ1) is 34.9. The molecule has 2 fully saturated rings. The Balaban J connectivity index is 1.09. The first-order chi connectivity index (χ1) is 24.2. The highest BCUT2D eigenvalue weighted by atomic mass is 16.5. The fourth-order valence-electron chi connectivity index (χ4n) is 7.09. The van der Waals surface area contributed by atoms with Crippen LogP contribution in [-0.4, -0.2) is 66.1 Å². The quantitative estimate of drug-likeness (QED) is 0.188. The van der Waals surface area contributed by atoms with Gasteiger partial charge in [0.05, 0.1) is 19.0 Å². The number of likely N-dealkylation sites (N-methyl/N-ethyl adjacent to an activating group) is 1. The van der Waals surface area contributed by atoms with Crippen LogP contribution < -0.4 is 30.9 Å². The number of fused-ring (bicyclic) bond motifs is 1. The van der Waals surface area contributed by atoms with Gasteiger partial charge in [-0.05, 0) is 87.3 Å². The first-order valence-electron chi connectivity index (χ1n) is 17.7. The molecule has 3 aliphatic rings. The van der Waals surface area contributed by atoms with Crippen LogP contribution in [0.3, 0.4) is 0 Å². The van der Waals surface area contributed by atoms with E-state index in [0.717, 1.165) is 62.7 Å². The van der Waals surface area contributed by atoms with Gasteiger partial charge in [0.15, 0.2) is 5.82 Å². The van der Waals surface area contributed by atoms with E-state index in [1.165, 1.54) is 0 Å². The van der Waals surface area contributed by atoms with Gasteiger partial charge in [0.2, 0.25) is 11.9 Å². The molecule has 0 bridgehead atoms. The summed E-state index contributed by atoms with van der Waals surface area (Å²) in [5.41, 5.74) is 9.29. The molecule has 2 aromatic carbocycles. The number of rotatable bonds is 12. The Morgan fingerprint density at radius 3 is 2.48 bits per heavy atom. The fraction of sp³-hybridized carbons (Fsp3) is 0.447. The number of nitrogens with one attached hydrogen (secondary N) is 2. The minimum Gasteiger partial charge on any atom is -0.495 e. The number of ether oxygens (including phenoxy) is 2. The van der Waals surface area contributed by atoms with Crippen molar-refractivity contribution in [2.45, 2.75) is 95.4 Å². The molecule has 1 aromatic heterocycles. The molecule has 4 N–H and O–H groups in total. The molecule has 0 spiro atoms. The summed E-state index contributed by atoms with van der Waals surface area (Å²) in [6.45, 7) is 2.04. The zero-order valence-electron chi connectivity index (χ0n) is 29.1. The Morgan fingerprint density at radius 1 is 1.06 bits per heavy atom. The fourth-order valence-corrected chi connectivity index (χ4v) is 7.09. The summed E-state index contributed by atoms with van der Waals surface area (Å²) in [6.07, 6.45) is 14.9. The van der Waals surface area contributed by atoms with E-state index in [2.05, 4.69) is 20.5 Å². The summed E-state index contributed by atoms with van der Waals surface area (Å²) in [5, 5.41) is 6.19. The maximum absolute atomic E-state index is 13.2. The molecule has 2 aliphatic carbocycles. The van der Waals surface area contributed by atoms with Gasteiger partial charge < -0.3 is 35.6 Å². The summed E-state index contributed by atoms with van der Waals surface area (Å²) in [6, 6.07) is 11.8. The second kappa shape index (κ2) is 15.7. The van der Waals surface area contributed by atoms with Crippen LogP contribution in [0.4, 0.5) is 28.8 Å². The highest BCUT2D eigenvalue weighted by molar-refractivity contribution is 6.05. The minimum absolute atomic E-state index is 0.00393. The standard InChI is InChI=1S/C38H47N7O5/c1-4-31-36(47)44(2)32-23-40-38(43-34(32)45(31)27-11-5-6-12-27)42-30-21-18-25(22-33(30)49-3)35(46)41-26-19-16-24(17-20-26)10-9-15-29(39)37(48)50-28-13-7-8-14-28/h9-10,16-23,27-29,31H,4-8,11-15,39H2,1-3H3,(H,41,46)(H,40,42,43)/t29-,31+/m0/s1. The van der Waals surface area contributed by atoms with E-state index in [1.54, 1.807) is 43.5 Å². The average Bonchev–Trinajstić information content (AvgIpc) is 3.86. The van der Waals surface area contributed by atoms with Crippen molar-refractivity contribution in [3.63, 3.8) is 0 Å². The molecule has 3 aromatic rings. The van der Waals surface area contributed by atoms with Gasteiger partial charge in [0.1, 0.15) is 29.6 Å². The first-order valence-corrected chi connectivity index (χ1v) is 17.7. The predicted molar refractivity (Wildman–Crippen MR) is 195 cm³/mol. The Kier molecular flexibility index (Phi) is 11.0. The molecule has 2 heterocycles. The molecule has 2 atom stereocenters. The van der Waals surface area contributed by atoms with E-state index in [9.17, 15) is 14.4 Å². The number of benzene rings is 2. The van der Waals surface area contributed by atoms with Gasteiger partial charge in [-0.25, -0.2) is 4.98 Å². The summed E-state index contributed by atoms with van der Waals surface area (Å²) in [7, 11) is 3.32. The van der Waals surface area contributed by atoms with Crippen molar-refractivity contribution in [3.8, 4) is 5.75 Å². The molecule has 12 heteroatoms. The van der Waals surface area contributed by atoms with Crippen LogP contribution in [0.1, 0.15) is 87.1 Å². The summed E-state index contributed by atoms with van der Waals surface area (Å²) in [5.74, 6) is 1.00. The molecule has 1 aliphatic heterocycles. The zero-order valence-corrected chi connectivity index (χ0v) is 29.1. The number of hydrogen-bond acceptors (Lipinski definition) is 10. The smallest absolute Gasteiger partial charge is 0.323 e. The molecule has 50 heavy (non-hydrogen) atoms. The van der Waals surface area contributed by atoms with Crippen LogP contribution in [0.5, 0.6) is 5.75 Å². The third kappa shape index (κ3) is 7.75. The van der Waals surface area contributed by atoms with Crippen molar-refractivity contribution in [3.05, 3.63) is 65.9 Å². The predicted octanol–water partition coefficient (Wildman–Crippen LogP) is 6.20. The maximum Gasteiger partial charge on any atom is 0.323 e. The van der Waals surface area contributed by atoms with Crippen LogP contribution in [0.25, 0.3) is 6.08 Å². The van der Waals surface area contributed by atoms with E-state index in [4.69, 9.17) is 20.2 Å². The second-order valence-electron chi connectivity index (χ2n) is 13.3. The Hall–Kier alpha value is -4.97. The lowest BCUT2D eigenvalue weighted by Gasteiger charge is -2.43. The van der Waals surface area contributed by atoms with E-state index in [-0.39, 0.29) is 36.0 Å². The van der Waals surface area contributed by atoms with Crippen LogP contribution in [0.15, 0.2) is 54.7 Å². The van der Waals surface area contributed by atoms with Crippen molar-refractivity contribution in [1.82, 2.24) is 9.97 Å². The third-order valence-corrected chi connectivity index (χ3v) is 9.88. The molecular weight excluding hydrogens is 634 g/mol. The number of aromatic nitrogens is 2. The van der Waals surface area contributed by atoms with Gasteiger partial charge in [0, 0.05) is 24.3 Å². The molecule has 0 unspecified atom stereocenters. The number of nitrogens with zero attached hydrogens (tertiary/aromatic N) is 4. The van der Waals surface area contributed by atoms with Crippen molar-refractivity contribution in [2.75, 3.05) is 34.6 Å². The van der Waals surface area contributed by atoms with E-state index >= 15 is 0 Å². The van der Waals surface area contributed by atoms with Gasteiger partial charge in [-0.3, -0.25) is 14.4 Å². The number of carbonyl (C=O) groups is 3. The Morgan fingerprint density at radius 2 is 1.78 bits per heavy atom. The van der Waals surface area contributed by atoms with Crippen molar-refractivity contribution in [2.24, 2.45) is 5.73 Å². The number of nitrogens with two attached hydrogens (primary N) is 1. The zero-order chi connectivity index (χ0) is 35.2. The molecule has 264 valence electrons. The number of carbonyl (C=O) groups excluding carboxylic acids is 3. The highest BCUT2D eigenvalue weighted by Gasteiger charge is 2.41. The molecule has 6 rings (SSSR count). The number of methoxy groups -OCH3 is 1. The molecule has 0 radical (unpaired) electrons. The monoisotopic (exact) mass is 681 g/mol. The number of amides is 2. The second-order valence-corrected chi connectivity index (χ2v) is 13.3. The molecule has 2 amide bonds. The van der Waals surface area contributed by atoms with E-state index in [0.29, 0.717) is 47.2 Å². The molecule has 2 saturated carbocycles. The summed E-state index contributed by atoms with van der Waals surface area (Å²) in [4.78, 5) is 51.9. The minimum atomic E-state index is -0.691. The van der Waals surface area contributed by atoms with E-state index < -0.39 is 6.04 Å². The van der Waals surface area contributed by atoms with Crippen LogP contribution in [0.2, 0.25) is 0 Å². The molecular formula is C38H47N7O5. The lowest BCUT2D eigenvalue weighted by molar-refractivity contribution is -0.150. The average molecular weight is 682 g/mol. The van der Waals surface area contributed by atoms with Gasteiger partial charge in [-0.15, -0.1) is 0 Å². The Labute approximate surface area is 293 Å². The summed E-state index contributed by atoms with van der Waals surface area (Å²) >= 11 is 0. The largest absolute Gasteiger partial charge is 0.495 e. The number of anilines is 5. The highest BCUT2D eigenvalue weighted by Crippen LogP contribution is 2.40. The van der Waals surface area contributed by atoms with Gasteiger partial charge in [0.25, 0.3) is 5.91 Å². The van der Waals surface area contributed by atoms with Gasteiger partial charge in [-0.1, -0.05) is 44.1 Å². The number of esters is 1. The van der Waals surface area contributed by atoms with Crippen LogP contribution >= 0.6 is 0 Å². The van der Waals surface area contributed by atoms with Gasteiger partial charge in [-0.2, -0.15) is 4.98 Å². The van der Waals surface area contributed by atoms with Crippen molar-refractivity contribution in [1.29, 1.82) is 0 Å². The normalized spacial score (nSPS) is 18.7. The third-order valence-electron chi connectivity index (χ3n) is 9.88. The maximum atomic E-state index is 13.2. The van der Waals surface area contributed by atoms with Crippen molar-refractivity contribution < 1.29 is 23.9 Å². The van der Waals surface area contributed by atoms with E-state index in [1.807, 2.05) is 43.3 Å². The molecule has 0 saturated heterocycles. The van der Waals surface area contributed by atoms with Gasteiger partial charge >= 0.3 is 5.97 Å². The SMILES string of the molecule is CC[C@@H]1C(=O)N(C)c2cnc(Nc3ccc(C(=O)Nc4ccc(C=CC[C@H](N)C(=O)OC5CCCC5)cc4)cc3OC)nc2N1C1CCCC1. The topological polar surface area (TPSA) is 152 Å². The summed E-state index contributed by atoms with van der Waals surface area (Å²) < 4.78 is 11.1. The lowest BCUT2D eigenvalue weighted by Crippen LogP contribution is -2.55.